The van der Waals surface area contributed by atoms with Gasteiger partial charge in [0.15, 0.2) is 17.3 Å². The quantitative estimate of drug-likeness (QED) is 0.347. The van der Waals surface area contributed by atoms with Crippen molar-refractivity contribution in [3.63, 3.8) is 0 Å². The molecule has 0 radical (unpaired) electrons. The van der Waals surface area contributed by atoms with Gasteiger partial charge in [-0.3, -0.25) is 9.78 Å². The van der Waals surface area contributed by atoms with E-state index in [-0.39, 0.29) is 35.2 Å². The minimum atomic E-state index is -4.60. The number of aryl methyl sites for hydroxylation is 1. The van der Waals surface area contributed by atoms with Crippen molar-refractivity contribution in [2.24, 2.45) is 0 Å². The maximum absolute atomic E-state index is 14.6. The normalized spacial score (nSPS) is 14.6. The van der Waals surface area contributed by atoms with Gasteiger partial charge < -0.3 is 19.7 Å². The fourth-order valence-corrected chi connectivity index (χ4v) is 4.99. The van der Waals surface area contributed by atoms with E-state index in [0.717, 1.165) is 17.7 Å². The molecule has 1 fully saturated rings. The number of carbonyl (C=O) groups is 2. The zero-order chi connectivity index (χ0) is 29.9. The van der Waals surface area contributed by atoms with Crippen LogP contribution in [0.5, 0.6) is 5.75 Å². The lowest BCUT2D eigenvalue weighted by molar-refractivity contribution is -0.141. The fourth-order valence-electron chi connectivity index (χ4n) is 4.11. The number of amides is 2. The molecule has 9 nitrogen and oxygen atoms in total. The topological polar surface area (TPSA) is 107 Å². The molecule has 14 heteroatoms. The van der Waals surface area contributed by atoms with Gasteiger partial charge in [0.2, 0.25) is 0 Å². The Morgan fingerprint density at radius 3 is 2.44 bits per heavy atom. The van der Waals surface area contributed by atoms with E-state index in [4.69, 9.17) is 9.47 Å². The van der Waals surface area contributed by atoms with Crippen molar-refractivity contribution in [3.05, 3.63) is 63.9 Å². The molecule has 3 heterocycles. The van der Waals surface area contributed by atoms with Crippen molar-refractivity contribution in [1.29, 1.82) is 0 Å². The van der Waals surface area contributed by atoms with E-state index in [1.165, 1.54) is 18.2 Å². The summed E-state index contributed by atoms with van der Waals surface area (Å²) in [6.07, 6.45) is -2.68. The average molecular weight is 596 g/mol. The number of piperidine rings is 1. The number of hydrogen-bond donors (Lipinski definition) is 1. The zero-order valence-electron chi connectivity index (χ0n) is 22.8. The van der Waals surface area contributed by atoms with Gasteiger partial charge in [-0.15, -0.1) is 0 Å². The van der Waals surface area contributed by atoms with E-state index in [2.05, 4.69) is 19.7 Å². The van der Waals surface area contributed by atoms with Crippen LogP contribution in [0.3, 0.4) is 0 Å². The zero-order valence-corrected chi connectivity index (χ0v) is 23.7. The van der Waals surface area contributed by atoms with E-state index >= 15 is 0 Å². The summed E-state index contributed by atoms with van der Waals surface area (Å²) in [7, 11) is 0. The standard InChI is InChI=1S/C27H29F4N5O4S/c1-15-23(21(41-35-15)12-17-13-33-22(14-32-17)27(29,30)31)24(37)34-16-5-6-19(28)20(11-16)39-18-7-9-36(10-8-18)25(38)40-26(2,3)4/h5-6,11,13-14,18H,7-10,12H2,1-4H3,(H,34,37). The second-order valence-electron chi connectivity index (χ2n) is 10.5. The molecule has 1 N–H and O–H groups in total. The van der Waals surface area contributed by atoms with Crippen LogP contribution in [0.25, 0.3) is 0 Å². The summed E-state index contributed by atoms with van der Waals surface area (Å²) >= 11 is 1.03. The molecule has 0 aliphatic carbocycles. The van der Waals surface area contributed by atoms with Gasteiger partial charge in [0.25, 0.3) is 5.91 Å². The SMILES string of the molecule is Cc1nsc(Cc2cnc(C(F)(F)F)cn2)c1C(=O)Nc1ccc(F)c(OC2CCN(C(=O)OC(C)(C)C)CC2)c1. The van der Waals surface area contributed by atoms with E-state index in [1.54, 1.807) is 32.6 Å². The molecule has 1 aliphatic heterocycles. The molecule has 0 bridgehead atoms. The van der Waals surface area contributed by atoms with Crippen molar-refractivity contribution in [2.45, 2.75) is 64.8 Å². The van der Waals surface area contributed by atoms with Crippen molar-refractivity contribution < 1.29 is 36.6 Å². The number of nitrogens with one attached hydrogen (secondary N) is 1. The van der Waals surface area contributed by atoms with Crippen LogP contribution in [0.1, 0.15) is 65.9 Å². The number of ether oxygens (including phenoxy) is 2. The maximum Gasteiger partial charge on any atom is 0.434 e. The summed E-state index contributed by atoms with van der Waals surface area (Å²) < 4.78 is 68.4. The van der Waals surface area contributed by atoms with Crippen molar-refractivity contribution in [1.82, 2.24) is 19.2 Å². The van der Waals surface area contributed by atoms with Gasteiger partial charge in [0.1, 0.15) is 11.7 Å². The third kappa shape index (κ3) is 7.90. The average Bonchev–Trinajstić information content (AvgIpc) is 3.25. The monoisotopic (exact) mass is 595 g/mol. The molecule has 0 spiro atoms. The number of hydrogen-bond acceptors (Lipinski definition) is 8. The fraction of sp³-hybridized carbons (Fsp3) is 0.444. The molecule has 4 rings (SSSR count). The molecule has 2 aromatic heterocycles. The Kier molecular flexibility index (Phi) is 8.80. The number of alkyl halides is 3. The molecular weight excluding hydrogens is 566 g/mol. The summed E-state index contributed by atoms with van der Waals surface area (Å²) in [6.45, 7) is 7.80. The Hall–Kier alpha value is -3.81. The molecule has 0 unspecified atom stereocenters. The number of halogens is 4. The van der Waals surface area contributed by atoms with Gasteiger partial charge in [-0.1, -0.05) is 0 Å². The predicted octanol–water partition coefficient (Wildman–Crippen LogP) is 6.02. The lowest BCUT2D eigenvalue weighted by atomic mass is 10.1. The first-order chi connectivity index (χ1) is 19.2. The number of anilines is 1. The van der Waals surface area contributed by atoms with Crippen LogP contribution in [-0.4, -0.2) is 56.0 Å². The molecule has 1 saturated heterocycles. The highest BCUT2D eigenvalue weighted by molar-refractivity contribution is 7.06. The number of rotatable bonds is 6. The van der Waals surface area contributed by atoms with Crippen LogP contribution < -0.4 is 10.1 Å². The van der Waals surface area contributed by atoms with Gasteiger partial charge in [-0.25, -0.2) is 14.2 Å². The molecule has 220 valence electrons. The van der Waals surface area contributed by atoms with Crippen molar-refractivity contribution >= 4 is 29.2 Å². The molecule has 2 amide bonds. The van der Waals surface area contributed by atoms with E-state index in [1.807, 2.05) is 0 Å². The first-order valence-electron chi connectivity index (χ1n) is 12.8. The molecule has 1 aliphatic rings. The third-order valence-electron chi connectivity index (χ3n) is 6.07. The second kappa shape index (κ2) is 12.0. The minimum absolute atomic E-state index is 0.0427. The molecule has 1 aromatic carbocycles. The van der Waals surface area contributed by atoms with Gasteiger partial charge in [0, 0.05) is 55.2 Å². The number of aromatic nitrogens is 3. The van der Waals surface area contributed by atoms with Crippen LogP contribution >= 0.6 is 11.5 Å². The Morgan fingerprint density at radius 2 is 1.83 bits per heavy atom. The maximum atomic E-state index is 14.6. The second-order valence-corrected chi connectivity index (χ2v) is 11.4. The first kappa shape index (κ1) is 30.2. The molecule has 0 atom stereocenters. The smallest absolute Gasteiger partial charge is 0.434 e. The van der Waals surface area contributed by atoms with Gasteiger partial charge in [0.05, 0.1) is 23.1 Å². The Bertz CT molecular complexity index is 1400. The Morgan fingerprint density at radius 1 is 1.12 bits per heavy atom. The number of carbonyl (C=O) groups excluding carboxylic acids is 2. The summed E-state index contributed by atoms with van der Waals surface area (Å²) in [5.74, 6) is -1.17. The lowest BCUT2D eigenvalue weighted by Crippen LogP contribution is -2.44. The Labute approximate surface area is 238 Å². The summed E-state index contributed by atoms with van der Waals surface area (Å²) in [5, 5.41) is 2.72. The van der Waals surface area contributed by atoms with Crippen LogP contribution in [0, 0.1) is 12.7 Å². The van der Waals surface area contributed by atoms with Crippen LogP contribution in [-0.2, 0) is 17.3 Å². The molecular formula is C27H29F4N5O4S. The van der Waals surface area contributed by atoms with Crippen LogP contribution in [0.2, 0.25) is 0 Å². The number of likely N-dealkylation sites (tertiary alicyclic amines) is 1. The predicted molar refractivity (Wildman–Crippen MR) is 143 cm³/mol. The summed E-state index contributed by atoms with van der Waals surface area (Å²) in [5.41, 5.74) is -0.514. The van der Waals surface area contributed by atoms with E-state index in [9.17, 15) is 27.2 Å². The largest absolute Gasteiger partial charge is 0.487 e. The first-order valence-corrected chi connectivity index (χ1v) is 13.6. The van der Waals surface area contributed by atoms with Crippen LogP contribution in [0.4, 0.5) is 28.0 Å². The van der Waals surface area contributed by atoms with Crippen molar-refractivity contribution in [3.8, 4) is 5.75 Å². The van der Waals surface area contributed by atoms with E-state index < -0.39 is 35.3 Å². The summed E-state index contributed by atoms with van der Waals surface area (Å²) in [6, 6.07) is 3.95. The van der Waals surface area contributed by atoms with Gasteiger partial charge >= 0.3 is 12.3 Å². The van der Waals surface area contributed by atoms with Gasteiger partial charge in [-0.2, -0.15) is 17.5 Å². The number of benzene rings is 1. The molecule has 3 aromatic rings. The van der Waals surface area contributed by atoms with Crippen molar-refractivity contribution in [2.75, 3.05) is 18.4 Å². The molecule has 0 saturated carbocycles. The van der Waals surface area contributed by atoms with Gasteiger partial charge in [-0.05, 0) is 51.4 Å². The molecule has 41 heavy (non-hydrogen) atoms. The highest BCUT2D eigenvalue weighted by Gasteiger charge is 2.33. The minimum Gasteiger partial charge on any atom is -0.487 e. The van der Waals surface area contributed by atoms with Crippen LogP contribution in [0.15, 0.2) is 30.6 Å². The Balaban J connectivity index is 1.40. The lowest BCUT2D eigenvalue weighted by Gasteiger charge is -2.33. The number of nitrogens with zero attached hydrogens (tertiary/aromatic N) is 4. The highest BCUT2D eigenvalue weighted by Crippen LogP contribution is 2.29. The third-order valence-corrected chi connectivity index (χ3v) is 7.01. The summed E-state index contributed by atoms with van der Waals surface area (Å²) in [4.78, 5) is 34.8. The van der Waals surface area contributed by atoms with E-state index in [0.29, 0.717) is 42.7 Å². The highest BCUT2D eigenvalue weighted by atomic mass is 32.1.